The van der Waals surface area contributed by atoms with Crippen LogP contribution in [0.4, 0.5) is 0 Å². The molecule has 1 aromatic carbocycles. The lowest BCUT2D eigenvalue weighted by Gasteiger charge is -1.96. The Morgan fingerprint density at radius 1 is 1.14 bits per heavy atom. The van der Waals surface area contributed by atoms with E-state index in [0.29, 0.717) is 0 Å². The van der Waals surface area contributed by atoms with Crippen molar-refractivity contribution < 1.29 is 5.11 Å². The van der Waals surface area contributed by atoms with Crippen LogP contribution in [0.1, 0.15) is 11.4 Å². The first-order chi connectivity index (χ1) is 6.66. The number of nitrogens with one attached hydrogen (secondary N) is 1. The molecular formula is C11H12N2O. The highest BCUT2D eigenvalue weighted by Crippen LogP contribution is 2.20. The summed E-state index contributed by atoms with van der Waals surface area (Å²) in [5, 5.41) is 9.13. The Morgan fingerprint density at radius 2 is 1.79 bits per heavy atom. The highest BCUT2D eigenvalue weighted by molar-refractivity contribution is 5.56. The van der Waals surface area contributed by atoms with Crippen LogP contribution in [-0.2, 0) is 0 Å². The van der Waals surface area contributed by atoms with E-state index in [-0.39, 0.29) is 5.75 Å². The Morgan fingerprint density at radius 3 is 2.29 bits per heavy atom. The second-order valence-corrected chi connectivity index (χ2v) is 3.34. The Balaban J connectivity index is 2.44. The van der Waals surface area contributed by atoms with Crippen molar-refractivity contribution in [3.05, 3.63) is 35.7 Å². The number of hydrogen-bond acceptors (Lipinski definition) is 2. The van der Waals surface area contributed by atoms with Gasteiger partial charge < -0.3 is 10.1 Å². The first-order valence-electron chi connectivity index (χ1n) is 4.49. The van der Waals surface area contributed by atoms with Gasteiger partial charge in [-0.2, -0.15) is 0 Å². The molecule has 0 saturated carbocycles. The van der Waals surface area contributed by atoms with Gasteiger partial charge in [-0.25, -0.2) is 4.98 Å². The molecule has 1 aromatic heterocycles. The van der Waals surface area contributed by atoms with E-state index >= 15 is 0 Å². The minimum absolute atomic E-state index is 0.272. The van der Waals surface area contributed by atoms with Crippen LogP contribution in [-0.4, -0.2) is 15.1 Å². The zero-order valence-electron chi connectivity index (χ0n) is 8.20. The number of imidazole rings is 1. The summed E-state index contributed by atoms with van der Waals surface area (Å²) >= 11 is 0. The van der Waals surface area contributed by atoms with E-state index in [2.05, 4.69) is 9.97 Å². The molecule has 0 fully saturated rings. The second kappa shape index (κ2) is 3.18. The van der Waals surface area contributed by atoms with E-state index in [9.17, 15) is 0 Å². The zero-order chi connectivity index (χ0) is 10.1. The molecule has 0 spiro atoms. The number of nitrogens with zero attached hydrogens (tertiary/aromatic N) is 1. The summed E-state index contributed by atoms with van der Waals surface area (Å²) in [4.78, 5) is 7.56. The summed E-state index contributed by atoms with van der Waals surface area (Å²) in [5.41, 5.74) is 3.07. The van der Waals surface area contributed by atoms with E-state index in [1.54, 1.807) is 12.1 Å². The summed E-state index contributed by atoms with van der Waals surface area (Å²) < 4.78 is 0. The highest BCUT2D eigenvalue weighted by Gasteiger charge is 2.04. The number of aryl methyl sites for hydroxylation is 2. The Kier molecular flexibility index (Phi) is 2.00. The Labute approximate surface area is 82.4 Å². The minimum atomic E-state index is 0.272. The molecule has 0 aliphatic rings. The summed E-state index contributed by atoms with van der Waals surface area (Å²) in [6.07, 6.45) is 0. The van der Waals surface area contributed by atoms with Gasteiger partial charge in [0, 0.05) is 11.3 Å². The van der Waals surface area contributed by atoms with Crippen LogP contribution < -0.4 is 0 Å². The predicted molar refractivity (Wildman–Crippen MR) is 55.2 cm³/mol. The van der Waals surface area contributed by atoms with Crippen molar-refractivity contribution in [3.63, 3.8) is 0 Å². The monoisotopic (exact) mass is 188 g/mol. The molecule has 0 radical (unpaired) electrons. The van der Waals surface area contributed by atoms with Gasteiger partial charge in [0.25, 0.3) is 0 Å². The lowest BCUT2D eigenvalue weighted by molar-refractivity contribution is 0.475. The SMILES string of the molecule is Cc1nc(-c2ccc(O)cc2)[nH]c1C. The van der Waals surface area contributed by atoms with Crippen LogP contribution in [0.2, 0.25) is 0 Å². The van der Waals surface area contributed by atoms with Crippen LogP contribution in [0, 0.1) is 13.8 Å². The number of aromatic hydroxyl groups is 1. The molecule has 3 heteroatoms. The molecule has 0 saturated heterocycles. The number of hydrogen-bond donors (Lipinski definition) is 2. The van der Waals surface area contributed by atoms with Gasteiger partial charge >= 0.3 is 0 Å². The summed E-state index contributed by atoms with van der Waals surface area (Å²) in [7, 11) is 0. The molecule has 0 bridgehead atoms. The van der Waals surface area contributed by atoms with Crippen LogP contribution in [0.25, 0.3) is 11.4 Å². The van der Waals surface area contributed by atoms with Crippen LogP contribution in [0.15, 0.2) is 24.3 Å². The number of H-pyrrole nitrogens is 1. The number of benzene rings is 1. The lowest BCUT2D eigenvalue weighted by atomic mass is 10.2. The number of aromatic nitrogens is 2. The second-order valence-electron chi connectivity index (χ2n) is 3.34. The average molecular weight is 188 g/mol. The van der Waals surface area contributed by atoms with Gasteiger partial charge in [-0.15, -0.1) is 0 Å². The third-order valence-corrected chi connectivity index (χ3v) is 2.27. The van der Waals surface area contributed by atoms with Crippen molar-refractivity contribution in [1.29, 1.82) is 0 Å². The fraction of sp³-hybridized carbons (Fsp3) is 0.182. The third kappa shape index (κ3) is 1.48. The lowest BCUT2D eigenvalue weighted by Crippen LogP contribution is -1.79. The predicted octanol–water partition coefficient (Wildman–Crippen LogP) is 2.40. The summed E-state index contributed by atoms with van der Waals surface area (Å²) in [5.74, 6) is 1.12. The molecule has 0 aliphatic carbocycles. The fourth-order valence-corrected chi connectivity index (χ4v) is 1.30. The summed E-state index contributed by atoms with van der Waals surface area (Å²) in [6, 6.07) is 6.99. The van der Waals surface area contributed by atoms with Crippen molar-refractivity contribution in [2.24, 2.45) is 0 Å². The Bertz CT molecular complexity index is 423. The molecular weight excluding hydrogens is 176 g/mol. The van der Waals surface area contributed by atoms with Crippen molar-refractivity contribution in [1.82, 2.24) is 9.97 Å². The zero-order valence-corrected chi connectivity index (χ0v) is 8.20. The molecule has 1 heterocycles. The Hall–Kier alpha value is -1.77. The standard InChI is InChI=1S/C11H12N2O/c1-7-8(2)13-11(12-7)9-3-5-10(14)6-4-9/h3-6,14H,1-2H3,(H,12,13). The van der Waals surface area contributed by atoms with Crippen molar-refractivity contribution in [3.8, 4) is 17.1 Å². The first-order valence-corrected chi connectivity index (χ1v) is 4.49. The first kappa shape index (κ1) is 8.81. The molecule has 0 atom stereocenters. The smallest absolute Gasteiger partial charge is 0.137 e. The van der Waals surface area contributed by atoms with Crippen LogP contribution >= 0.6 is 0 Å². The van der Waals surface area contributed by atoms with E-state index in [1.165, 1.54) is 0 Å². The quantitative estimate of drug-likeness (QED) is 0.722. The van der Waals surface area contributed by atoms with Crippen LogP contribution in [0.5, 0.6) is 5.75 Å². The van der Waals surface area contributed by atoms with Crippen LogP contribution in [0.3, 0.4) is 0 Å². The maximum atomic E-state index is 9.13. The van der Waals surface area contributed by atoms with Gasteiger partial charge in [-0.3, -0.25) is 0 Å². The maximum absolute atomic E-state index is 9.13. The molecule has 0 aliphatic heterocycles. The highest BCUT2D eigenvalue weighted by atomic mass is 16.3. The number of aromatic amines is 1. The van der Waals surface area contributed by atoms with Gasteiger partial charge in [0.1, 0.15) is 11.6 Å². The van der Waals surface area contributed by atoms with E-state index < -0.39 is 0 Å². The normalized spacial score (nSPS) is 10.4. The molecule has 2 aromatic rings. The fourth-order valence-electron chi connectivity index (χ4n) is 1.30. The molecule has 0 amide bonds. The third-order valence-electron chi connectivity index (χ3n) is 2.27. The molecule has 2 rings (SSSR count). The van der Waals surface area contributed by atoms with E-state index in [1.807, 2.05) is 26.0 Å². The van der Waals surface area contributed by atoms with Gasteiger partial charge in [-0.1, -0.05) is 0 Å². The van der Waals surface area contributed by atoms with Gasteiger partial charge in [0.15, 0.2) is 0 Å². The maximum Gasteiger partial charge on any atom is 0.137 e. The molecule has 0 unspecified atom stereocenters. The van der Waals surface area contributed by atoms with Crippen molar-refractivity contribution in [2.75, 3.05) is 0 Å². The molecule has 2 N–H and O–H groups in total. The number of rotatable bonds is 1. The number of phenols is 1. The molecule has 3 nitrogen and oxygen atoms in total. The average Bonchev–Trinajstić information content (AvgIpc) is 2.48. The van der Waals surface area contributed by atoms with E-state index in [4.69, 9.17) is 5.11 Å². The summed E-state index contributed by atoms with van der Waals surface area (Å²) in [6.45, 7) is 3.96. The van der Waals surface area contributed by atoms with Crippen molar-refractivity contribution >= 4 is 0 Å². The van der Waals surface area contributed by atoms with Gasteiger partial charge in [0.2, 0.25) is 0 Å². The topological polar surface area (TPSA) is 48.9 Å². The largest absolute Gasteiger partial charge is 0.508 e. The van der Waals surface area contributed by atoms with E-state index in [0.717, 1.165) is 22.8 Å². The minimum Gasteiger partial charge on any atom is -0.508 e. The molecule has 14 heavy (non-hydrogen) atoms. The number of phenolic OH excluding ortho intramolecular Hbond substituents is 1. The van der Waals surface area contributed by atoms with Gasteiger partial charge in [-0.05, 0) is 38.1 Å². The van der Waals surface area contributed by atoms with Crippen molar-refractivity contribution in [2.45, 2.75) is 13.8 Å². The van der Waals surface area contributed by atoms with Gasteiger partial charge in [0.05, 0.1) is 5.69 Å². The molecule has 72 valence electrons.